The molecule has 0 spiro atoms. The van der Waals surface area contributed by atoms with E-state index in [0.29, 0.717) is 23.6 Å². The number of nitrogens with one attached hydrogen (secondary N) is 1. The van der Waals surface area contributed by atoms with Crippen LogP contribution in [0.25, 0.3) is 22.6 Å². The van der Waals surface area contributed by atoms with Gasteiger partial charge in [-0.3, -0.25) is 0 Å². The van der Waals surface area contributed by atoms with E-state index in [0.717, 1.165) is 16.9 Å². The summed E-state index contributed by atoms with van der Waals surface area (Å²) in [5, 5.41) is 8.96. The molecule has 0 saturated carbocycles. The van der Waals surface area contributed by atoms with Crippen molar-refractivity contribution in [1.29, 1.82) is 5.26 Å². The molecule has 1 aromatic carbocycles. The lowest BCUT2D eigenvalue weighted by atomic mass is 10.2. The van der Waals surface area contributed by atoms with Crippen molar-refractivity contribution in [1.82, 2.24) is 24.5 Å². The molecule has 6 nitrogen and oxygen atoms in total. The molecule has 0 saturated heterocycles. The molecule has 24 heavy (non-hydrogen) atoms. The van der Waals surface area contributed by atoms with E-state index in [-0.39, 0.29) is 0 Å². The fourth-order valence-corrected chi connectivity index (χ4v) is 2.57. The number of H-pyrrole nitrogens is 1. The molecule has 4 rings (SSSR count). The van der Waals surface area contributed by atoms with Crippen LogP contribution in [0.15, 0.2) is 48.8 Å². The Balaban J connectivity index is 1.69. The van der Waals surface area contributed by atoms with Gasteiger partial charge in [-0.2, -0.15) is 9.65 Å². The van der Waals surface area contributed by atoms with E-state index in [1.54, 1.807) is 42.7 Å². The third kappa shape index (κ3) is 2.50. The molecular formula is C17H11FN6. The molecule has 0 amide bonds. The predicted octanol–water partition coefficient (Wildman–Crippen LogP) is 2.88. The van der Waals surface area contributed by atoms with E-state index in [1.165, 1.54) is 6.07 Å². The average molecular weight is 318 g/mol. The maximum absolute atomic E-state index is 13.3. The zero-order chi connectivity index (χ0) is 16.5. The number of fused-ring (bicyclic) bond motifs is 1. The van der Waals surface area contributed by atoms with Gasteiger partial charge in [-0.05, 0) is 30.3 Å². The van der Waals surface area contributed by atoms with Crippen LogP contribution in [0.4, 0.5) is 4.39 Å². The number of halogens is 1. The van der Waals surface area contributed by atoms with E-state index < -0.39 is 5.95 Å². The number of imidazole rings is 2. The van der Waals surface area contributed by atoms with Crippen molar-refractivity contribution in [2.24, 2.45) is 0 Å². The molecule has 116 valence electrons. The van der Waals surface area contributed by atoms with Crippen LogP contribution in [0.2, 0.25) is 0 Å². The van der Waals surface area contributed by atoms with Gasteiger partial charge in [0.15, 0.2) is 5.82 Å². The molecule has 4 aromatic rings. The molecule has 1 N–H and O–H groups in total. The number of hydrogen-bond donors (Lipinski definition) is 1. The van der Waals surface area contributed by atoms with Crippen molar-refractivity contribution in [2.75, 3.05) is 0 Å². The van der Waals surface area contributed by atoms with Crippen LogP contribution in [0.1, 0.15) is 11.4 Å². The molecular weight excluding hydrogens is 307 g/mol. The maximum atomic E-state index is 13.3. The van der Waals surface area contributed by atoms with Crippen LogP contribution in [-0.2, 0) is 6.54 Å². The summed E-state index contributed by atoms with van der Waals surface area (Å²) in [6, 6.07) is 12.0. The molecule has 0 aliphatic carbocycles. The Bertz CT molecular complexity index is 1070. The third-order valence-electron chi connectivity index (χ3n) is 3.64. The van der Waals surface area contributed by atoms with E-state index in [2.05, 4.69) is 26.0 Å². The zero-order valence-electron chi connectivity index (χ0n) is 12.4. The first-order valence-corrected chi connectivity index (χ1v) is 7.26. The minimum atomic E-state index is -0.546. The highest BCUT2D eigenvalue weighted by molar-refractivity contribution is 5.76. The molecule has 0 radical (unpaired) electrons. The Labute approximate surface area is 136 Å². The summed E-state index contributed by atoms with van der Waals surface area (Å²) in [6.07, 6.45) is 3.42. The molecule has 7 heteroatoms. The van der Waals surface area contributed by atoms with Gasteiger partial charge < -0.3 is 9.55 Å². The second kappa shape index (κ2) is 5.59. The predicted molar refractivity (Wildman–Crippen MR) is 85.3 cm³/mol. The third-order valence-corrected chi connectivity index (χ3v) is 3.64. The molecule has 0 aliphatic heterocycles. The molecule has 0 fully saturated rings. The van der Waals surface area contributed by atoms with Gasteiger partial charge in [-0.25, -0.2) is 15.0 Å². The van der Waals surface area contributed by atoms with E-state index in [9.17, 15) is 4.39 Å². The van der Waals surface area contributed by atoms with Gasteiger partial charge in [0, 0.05) is 12.4 Å². The largest absolute Gasteiger partial charge is 0.340 e. The summed E-state index contributed by atoms with van der Waals surface area (Å²) < 4.78 is 15.2. The first-order valence-electron chi connectivity index (χ1n) is 7.26. The van der Waals surface area contributed by atoms with Crippen molar-refractivity contribution in [2.45, 2.75) is 6.54 Å². The summed E-state index contributed by atoms with van der Waals surface area (Å²) in [7, 11) is 0. The van der Waals surface area contributed by atoms with Gasteiger partial charge in [0.25, 0.3) is 0 Å². The van der Waals surface area contributed by atoms with Gasteiger partial charge in [0.2, 0.25) is 5.95 Å². The number of rotatable bonds is 3. The van der Waals surface area contributed by atoms with Crippen LogP contribution < -0.4 is 0 Å². The lowest BCUT2D eigenvalue weighted by Gasteiger charge is -2.05. The van der Waals surface area contributed by atoms with Gasteiger partial charge in [-0.15, -0.1) is 0 Å². The van der Waals surface area contributed by atoms with Gasteiger partial charge in [0.1, 0.15) is 11.5 Å². The number of nitrogens with zero attached hydrogens (tertiary/aromatic N) is 5. The van der Waals surface area contributed by atoms with Crippen LogP contribution >= 0.6 is 0 Å². The highest BCUT2D eigenvalue weighted by Gasteiger charge is 2.11. The van der Waals surface area contributed by atoms with Gasteiger partial charge in [-0.1, -0.05) is 6.07 Å². The number of hydrogen-bond acceptors (Lipinski definition) is 4. The van der Waals surface area contributed by atoms with Crippen LogP contribution in [0.3, 0.4) is 0 Å². The Morgan fingerprint density at radius 1 is 1.21 bits per heavy atom. The first kappa shape index (κ1) is 14.1. The van der Waals surface area contributed by atoms with E-state index >= 15 is 0 Å². The molecule has 0 atom stereocenters. The Hall–Kier alpha value is -3.53. The Kier molecular flexibility index (Phi) is 3.28. The normalized spacial score (nSPS) is 10.8. The van der Waals surface area contributed by atoms with Crippen LogP contribution in [0.5, 0.6) is 0 Å². The zero-order valence-corrected chi connectivity index (χ0v) is 12.4. The summed E-state index contributed by atoms with van der Waals surface area (Å²) in [5.74, 6) is 0.734. The van der Waals surface area contributed by atoms with Crippen LogP contribution in [-0.4, -0.2) is 24.5 Å². The molecule has 3 heterocycles. The van der Waals surface area contributed by atoms with Crippen molar-refractivity contribution >= 4 is 11.0 Å². The minimum Gasteiger partial charge on any atom is -0.340 e. The minimum absolute atomic E-state index is 0.435. The Morgan fingerprint density at radius 3 is 2.96 bits per heavy atom. The summed E-state index contributed by atoms with van der Waals surface area (Å²) in [4.78, 5) is 15.8. The number of aromatic nitrogens is 5. The monoisotopic (exact) mass is 318 g/mol. The smallest absolute Gasteiger partial charge is 0.213 e. The van der Waals surface area contributed by atoms with Crippen molar-refractivity contribution < 1.29 is 4.39 Å². The Morgan fingerprint density at radius 2 is 2.12 bits per heavy atom. The fraction of sp³-hybridized carbons (Fsp3) is 0.0588. The molecule has 3 aromatic heterocycles. The van der Waals surface area contributed by atoms with Crippen molar-refractivity contribution in [3.05, 3.63) is 66.1 Å². The lowest BCUT2D eigenvalue weighted by molar-refractivity contribution is 0.584. The van der Waals surface area contributed by atoms with Gasteiger partial charge in [0.05, 0.1) is 29.2 Å². The SMILES string of the molecule is N#Cc1ccc2nc(Cn3ccnc3-c3cccc(F)n3)[nH]c2c1. The molecule has 0 aliphatic rings. The highest BCUT2D eigenvalue weighted by atomic mass is 19.1. The number of benzene rings is 1. The molecule has 0 unspecified atom stereocenters. The fourth-order valence-electron chi connectivity index (χ4n) is 2.57. The topological polar surface area (TPSA) is 83.2 Å². The second-order valence-corrected chi connectivity index (χ2v) is 5.25. The average Bonchev–Trinajstić information content (AvgIpc) is 3.20. The van der Waals surface area contributed by atoms with Crippen molar-refractivity contribution in [3.8, 4) is 17.6 Å². The van der Waals surface area contributed by atoms with Crippen molar-refractivity contribution in [3.63, 3.8) is 0 Å². The summed E-state index contributed by atoms with van der Waals surface area (Å²) >= 11 is 0. The van der Waals surface area contributed by atoms with E-state index in [4.69, 9.17) is 5.26 Å². The van der Waals surface area contributed by atoms with Gasteiger partial charge >= 0.3 is 0 Å². The first-order chi connectivity index (χ1) is 11.7. The summed E-state index contributed by atoms with van der Waals surface area (Å²) in [5.41, 5.74) is 2.62. The number of pyridine rings is 1. The lowest BCUT2D eigenvalue weighted by Crippen LogP contribution is -2.04. The standard InChI is InChI=1S/C17H11FN6/c18-15-3-1-2-13(21-15)17-20-6-7-24(17)10-16-22-12-5-4-11(9-19)8-14(12)23-16/h1-8H,10H2,(H,22,23). The van der Waals surface area contributed by atoms with Crippen LogP contribution in [0, 0.1) is 17.3 Å². The van der Waals surface area contributed by atoms with E-state index in [1.807, 2.05) is 4.57 Å². The maximum Gasteiger partial charge on any atom is 0.213 e. The quantitative estimate of drug-likeness (QED) is 0.589. The second-order valence-electron chi connectivity index (χ2n) is 5.25. The number of aromatic amines is 1. The highest BCUT2D eigenvalue weighted by Crippen LogP contribution is 2.18. The molecule has 0 bridgehead atoms. The number of nitriles is 1. The summed E-state index contributed by atoms with van der Waals surface area (Å²) in [6.45, 7) is 0.435.